The molecule has 1 heterocycles. The minimum Gasteiger partial charge on any atom is -0.384 e. The molecular weight excluding hydrogens is 234 g/mol. The van der Waals surface area contributed by atoms with E-state index < -0.39 is 0 Å². The Hall–Kier alpha value is -1.66. The predicted octanol–water partition coefficient (Wildman–Crippen LogP) is 0.447. The topological polar surface area (TPSA) is 86.5 Å². The lowest BCUT2D eigenvalue weighted by Crippen LogP contribution is -2.26. The van der Waals surface area contributed by atoms with E-state index in [0.717, 1.165) is 6.42 Å². The fraction of sp³-hybridized carbons (Fsp3) is 0.500. The monoisotopic (exact) mass is 253 g/mol. The molecular formula is C12H19N3O3. The number of nitrogens with zero attached hydrogens (tertiary/aromatic N) is 1. The van der Waals surface area contributed by atoms with Crippen LogP contribution in [0, 0.1) is 0 Å². The first kappa shape index (κ1) is 14.4. The number of nitrogens with one attached hydrogen (secondary N) is 1. The van der Waals surface area contributed by atoms with Gasteiger partial charge >= 0.3 is 0 Å². The van der Waals surface area contributed by atoms with Crippen LogP contribution in [0.3, 0.4) is 0 Å². The van der Waals surface area contributed by atoms with E-state index >= 15 is 0 Å². The van der Waals surface area contributed by atoms with Crippen LogP contribution in [0.5, 0.6) is 0 Å². The van der Waals surface area contributed by atoms with E-state index in [2.05, 4.69) is 10.3 Å². The molecule has 0 saturated carbocycles. The van der Waals surface area contributed by atoms with Gasteiger partial charge < -0.3 is 20.5 Å². The van der Waals surface area contributed by atoms with Crippen LogP contribution in [0.1, 0.15) is 16.9 Å². The first-order valence-corrected chi connectivity index (χ1v) is 5.81. The van der Waals surface area contributed by atoms with Crippen molar-refractivity contribution >= 4 is 11.7 Å². The van der Waals surface area contributed by atoms with Gasteiger partial charge in [-0.25, -0.2) is 4.98 Å². The minimum absolute atomic E-state index is 0.223. The van der Waals surface area contributed by atoms with Gasteiger partial charge in [-0.2, -0.15) is 0 Å². The van der Waals surface area contributed by atoms with Gasteiger partial charge in [-0.05, 0) is 18.6 Å². The molecule has 0 bridgehead atoms. The number of nitrogens with two attached hydrogens (primary N) is 1. The van der Waals surface area contributed by atoms with Gasteiger partial charge in [-0.1, -0.05) is 6.07 Å². The lowest BCUT2D eigenvalue weighted by molar-refractivity contribution is 0.0688. The van der Waals surface area contributed by atoms with E-state index in [1.54, 1.807) is 25.3 Å². The first-order valence-electron chi connectivity index (χ1n) is 5.81. The zero-order valence-electron chi connectivity index (χ0n) is 10.5. The fourth-order valence-corrected chi connectivity index (χ4v) is 1.29. The zero-order chi connectivity index (χ0) is 13.2. The number of amides is 1. The summed E-state index contributed by atoms with van der Waals surface area (Å²) in [5, 5.41) is 2.75. The molecule has 6 nitrogen and oxygen atoms in total. The molecule has 0 aliphatic carbocycles. The van der Waals surface area contributed by atoms with Gasteiger partial charge in [0.2, 0.25) is 0 Å². The Balaban J connectivity index is 2.14. The van der Waals surface area contributed by atoms with Gasteiger partial charge in [0.25, 0.3) is 5.91 Å². The number of carbonyl (C=O) groups excluding carboxylic acids is 1. The van der Waals surface area contributed by atoms with Crippen LogP contribution >= 0.6 is 0 Å². The summed E-state index contributed by atoms with van der Waals surface area (Å²) in [6.07, 6.45) is 0.748. The van der Waals surface area contributed by atoms with Crippen LogP contribution in [0.25, 0.3) is 0 Å². The average molecular weight is 253 g/mol. The van der Waals surface area contributed by atoms with Crippen molar-refractivity contribution in [2.24, 2.45) is 0 Å². The smallest absolute Gasteiger partial charge is 0.269 e. The normalized spacial score (nSPS) is 10.3. The van der Waals surface area contributed by atoms with Crippen LogP contribution in [0.15, 0.2) is 18.2 Å². The maximum Gasteiger partial charge on any atom is 0.269 e. The summed E-state index contributed by atoms with van der Waals surface area (Å²) in [6.45, 7) is 2.29. The van der Waals surface area contributed by atoms with Gasteiger partial charge in [-0.3, -0.25) is 4.79 Å². The molecule has 6 heteroatoms. The number of ether oxygens (including phenoxy) is 2. The van der Waals surface area contributed by atoms with E-state index in [1.165, 1.54) is 0 Å². The predicted molar refractivity (Wildman–Crippen MR) is 68.3 cm³/mol. The molecule has 0 radical (unpaired) electrons. The molecule has 0 aromatic carbocycles. The Morgan fingerprint density at radius 1 is 1.39 bits per heavy atom. The van der Waals surface area contributed by atoms with Gasteiger partial charge in [0, 0.05) is 20.3 Å². The Labute approximate surface area is 106 Å². The summed E-state index contributed by atoms with van der Waals surface area (Å²) in [4.78, 5) is 15.6. The molecule has 3 N–H and O–H groups in total. The first-order chi connectivity index (χ1) is 8.74. The Morgan fingerprint density at radius 3 is 2.94 bits per heavy atom. The second-order valence-electron chi connectivity index (χ2n) is 3.66. The van der Waals surface area contributed by atoms with E-state index in [9.17, 15) is 4.79 Å². The highest BCUT2D eigenvalue weighted by molar-refractivity contribution is 5.92. The molecule has 1 rings (SSSR count). The molecule has 0 atom stereocenters. The van der Waals surface area contributed by atoms with E-state index in [4.69, 9.17) is 15.2 Å². The molecule has 18 heavy (non-hydrogen) atoms. The third-order valence-electron chi connectivity index (χ3n) is 2.19. The summed E-state index contributed by atoms with van der Waals surface area (Å²) < 4.78 is 10.1. The lowest BCUT2D eigenvalue weighted by Gasteiger charge is -2.06. The second-order valence-corrected chi connectivity index (χ2v) is 3.66. The highest BCUT2D eigenvalue weighted by atomic mass is 16.5. The Kier molecular flexibility index (Phi) is 6.75. The lowest BCUT2D eigenvalue weighted by atomic mass is 10.3. The summed E-state index contributed by atoms with van der Waals surface area (Å²) in [5.74, 6) is 0.116. The van der Waals surface area contributed by atoms with Crippen molar-refractivity contribution in [2.75, 3.05) is 39.2 Å². The minimum atomic E-state index is -0.223. The third-order valence-corrected chi connectivity index (χ3v) is 2.19. The summed E-state index contributed by atoms with van der Waals surface area (Å²) >= 11 is 0. The zero-order valence-corrected chi connectivity index (χ0v) is 10.5. The highest BCUT2D eigenvalue weighted by Crippen LogP contribution is 1.99. The second kappa shape index (κ2) is 8.43. The van der Waals surface area contributed by atoms with Crippen LogP contribution in [-0.2, 0) is 9.47 Å². The van der Waals surface area contributed by atoms with Crippen LogP contribution < -0.4 is 11.1 Å². The molecule has 0 fully saturated rings. The maximum absolute atomic E-state index is 11.6. The number of rotatable bonds is 8. The van der Waals surface area contributed by atoms with Gasteiger partial charge in [-0.15, -0.1) is 0 Å². The number of nitrogen functional groups attached to an aromatic ring is 1. The van der Waals surface area contributed by atoms with E-state index in [-0.39, 0.29) is 5.91 Å². The number of carbonyl (C=O) groups is 1. The molecule has 0 unspecified atom stereocenters. The quantitative estimate of drug-likeness (QED) is 0.657. The molecule has 0 aliphatic rings. The highest BCUT2D eigenvalue weighted by Gasteiger charge is 2.05. The number of anilines is 1. The van der Waals surface area contributed by atoms with Crippen molar-refractivity contribution in [1.82, 2.24) is 10.3 Å². The van der Waals surface area contributed by atoms with Crippen molar-refractivity contribution in [2.45, 2.75) is 6.42 Å². The van der Waals surface area contributed by atoms with Crippen molar-refractivity contribution in [1.29, 1.82) is 0 Å². The van der Waals surface area contributed by atoms with Crippen LogP contribution in [-0.4, -0.2) is 44.4 Å². The summed E-state index contributed by atoms with van der Waals surface area (Å²) in [5.41, 5.74) is 5.83. The van der Waals surface area contributed by atoms with Gasteiger partial charge in [0.1, 0.15) is 11.5 Å². The van der Waals surface area contributed by atoms with Crippen molar-refractivity contribution in [3.05, 3.63) is 23.9 Å². The fourth-order valence-electron chi connectivity index (χ4n) is 1.29. The number of pyridine rings is 1. The molecule has 1 amide bonds. The molecule has 100 valence electrons. The number of aromatic nitrogens is 1. The molecule has 0 saturated heterocycles. The van der Waals surface area contributed by atoms with Crippen molar-refractivity contribution in [3.63, 3.8) is 0 Å². The number of methoxy groups -OCH3 is 1. The maximum atomic E-state index is 11.6. The third kappa shape index (κ3) is 5.60. The van der Waals surface area contributed by atoms with Gasteiger partial charge in [0.05, 0.1) is 13.2 Å². The Bertz CT molecular complexity index is 371. The largest absolute Gasteiger partial charge is 0.384 e. The molecule has 1 aromatic rings. The molecule has 0 spiro atoms. The van der Waals surface area contributed by atoms with E-state index in [1.807, 2.05) is 0 Å². The van der Waals surface area contributed by atoms with Gasteiger partial charge in [0.15, 0.2) is 0 Å². The average Bonchev–Trinajstić information content (AvgIpc) is 2.37. The van der Waals surface area contributed by atoms with Crippen molar-refractivity contribution in [3.8, 4) is 0 Å². The summed E-state index contributed by atoms with van der Waals surface area (Å²) in [7, 11) is 1.63. The molecule has 1 aromatic heterocycles. The van der Waals surface area contributed by atoms with Crippen LogP contribution in [0.4, 0.5) is 5.82 Å². The number of hydrogen-bond donors (Lipinski definition) is 2. The van der Waals surface area contributed by atoms with E-state index in [0.29, 0.717) is 37.9 Å². The Morgan fingerprint density at radius 2 is 2.22 bits per heavy atom. The number of hydrogen-bond acceptors (Lipinski definition) is 5. The SMILES string of the molecule is COCCOCCCNC(=O)c1cccc(N)n1. The van der Waals surface area contributed by atoms with Crippen molar-refractivity contribution < 1.29 is 14.3 Å². The van der Waals surface area contributed by atoms with Crippen LogP contribution in [0.2, 0.25) is 0 Å². The standard InChI is InChI=1S/C12H19N3O3/c1-17-8-9-18-7-3-6-14-12(16)10-4-2-5-11(13)15-10/h2,4-5H,3,6-9H2,1H3,(H2,13,15)(H,14,16). The summed E-state index contributed by atoms with van der Waals surface area (Å²) in [6, 6.07) is 4.96. The molecule has 0 aliphatic heterocycles.